The number of nitrogens with zero attached hydrogens (tertiary/aromatic N) is 3. The number of carbonyl (C=O) groups excluding carboxylic acids is 1. The number of halogens is 1. The molecule has 4 rings (SSSR count). The summed E-state index contributed by atoms with van der Waals surface area (Å²) in [5, 5.41) is 7.44. The summed E-state index contributed by atoms with van der Waals surface area (Å²) < 4.78 is 11.7. The molecule has 1 atom stereocenters. The van der Waals surface area contributed by atoms with Crippen LogP contribution < -0.4 is 15.4 Å². The molecule has 0 bridgehead atoms. The summed E-state index contributed by atoms with van der Waals surface area (Å²) in [5.74, 6) is 3.41. The van der Waals surface area contributed by atoms with Crippen molar-refractivity contribution in [3.8, 4) is 18.1 Å². The Morgan fingerprint density at radius 1 is 1.27 bits per heavy atom. The lowest BCUT2D eigenvalue weighted by Crippen LogP contribution is -2.23. The summed E-state index contributed by atoms with van der Waals surface area (Å²) in [5.41, 5.74) is 2.51. The van der Waals surface area contributed by atoms with Gasteiger partial charge in [0.1, 0.15) is 24.0 Å². The molecule has 1 unspecified atom stereocenters. The summed E-state index contributed by atoms with van der Waals surface area (Å²) in [6, 6.07) is 8.90. The summed E-state index contributed by atoms with van der Waals surface area (Å²) in [4.78, 5) is 23.9. The van der Waals surface area contributed by atoms with E-state index in [1.54, 1.807) is 30.3 Å². The van der Waals surface area contributed by atoms with Gasteiger partial charge in [-0.1, -0.05) is 37.4 Å². The van der Waals surface area contributed by atoms with Crippen LogP contribution in [0.1, 0.15) is 25.8 Å². The molecule has 1 amide bonds. The highest BCUT2D eigenvalue weighted by Crippen LogP contribution is 2.35. The molecule has 192 valence electrons. The number of anilines is 3. The zero-order valence-electron chi connectivity index (χ0n) is 21.0. The number of benzene rings is 2. The van der Waals surface area contributed by atoms with Crippen molar-refractivity contribution in [3.63, 3.8) is 0 Å². The second kappa shape index (κ2) is 12.5. The lowest BCUT2D eigenvalue weighted by Gasteiger charge is -2.18. The highest BCUT2D eigenvalue weighted by Gasteiger charge is 2.21. The number of rotatable bonds is 10. The van der Waals surface area contributed by atoms with E-state index >= 15 is 0 Å². The first-order chi connectivity index (χ1) is 18.0. The SMILES string of the molecule is C#Cc1cc(Cl)cc(Nc2ncnc3cc(OC4CCOC4)c(NC(=O)/C=C/CN(CC)CC)cc23)c1. The van der Waals surface area contributed by atoms with Gasteiger partial charge >= 0.3 is 0 Å². The van der Waals surface area contributed by atoms with Crippen molar-refractivity contribution in [3.05, 3.63) is 59.4 Å². The molecule has 0 spiro atoms. The van der Waals surface area contributed by atoms with E-state index in [9.17, 15) is 4.79 Å². The Bertz CT molecular complexity index is 1330. The van der Waals surface area contributed by atoms with E-state index in [1.165, 1.54) is 6.33 Å². The summed E-state index contributed by atoms with van der Waals surface area (Å²) >= 11 is 6.23. The molecule has 37 heavy (non-hydrogen) atoms. The number of hydrogen-bond acceptors (Lipinski definition) is 7. The minimum Gasteiger partial charge on any atom is -0.486 e. The van der Waals surface area contributed by atoms with E-state index in [1.807, 2.05) is 12.1 Å². The van der Waals surface area contributed by atoms with Gasteiger partial charge < -0.3 is 25.0 Å². The van der Waals surface area contributed by atoms with Gasteiger partial charge in [0.15, 0.2) is 0 Å². The van der Waals surface area contributed by atoms with Crippen LogP contribution in [0.2, 0.25) is 5.02 Å². The molecule has 2 aromatic carbocycles. The van der Waals surface area contributed by atoms with Crippen LogP contribution >= 0.6 is 11.6 Å². The predicted octanol–water partition coefficient (Wildman–Crippen LogP) is 5.01. The number of hydrogen-bond donors (Lipinski definition) is 2. The Hall–Kier alpha value is -3.64. The van der Waals surface area contributed by atoms with Gasteiger partial charge in [-0.3, -0.25) is 4.79 Å². The predicted molar refractivity (Wildman–Crippen MR) is 148 cm³/mol. The van der Waals surface area contributed by atoms with Crippen molar-refractivity contribution < 1.29 is 14.3 Å². The Kier molecular flexibility index (Phi) is 8.96. The number of terminal acetylenes is 1. The topological polar surface area (TPSA) is 88.6 Å². The number of ether oxygens (including phenoxy) is 2. The van der Waals surface area contributed by atoms with Crippen molar-refractivity contribution in [2.75, 3.05) is 43.5 Å². The molecule has 0 saturated carbocycles. The first-order valence-electron chi connectivity index (χ1n) is 12.3. The monoisotopic (exact) mass is 519 g/mol. The van der Waals surface area contributed by atoms with Gasteiger partial charge in [0, 0.05) is 46.8 Å². The molecule has 1 aliphatic rings. The van der Waals surface area contributed by atoms with E-state index in [2.05, 4.69) is 45.3 Å². The summed E-state index contributed by atoms with van der Waals surface area (Å²) in [6.07, 6.45) is 11.1. The number of likely N-dealkylation sites (N-methyl/N-ethyl adjacent to an activating group) is 1. The molecule has 2 heterocycles. The van der Waals surface area contributed by atoms with Crippen LogP contribution in [-0.2, 0) is 9.53 Å². The number of carbonyl (C=O) groups is 1. The zero-order valence-corrected chi connectivity index (χ0v) is 21.7. The van der Waals surface area contributed by atoms with Gasteiger partial charge in [-0.25, -0.2) is 9.97 Å². The highest BCUT2D eigenvalue weighted by atomic mass is 35.5. The third-order valence-electron chi connectivity index (χ3n) is 6.03. The standard InChI is InChI=1S/C28H30ClN5O3/c1-4-19-12-20(29)14-21(13-19)32-28-23-15-25(33-27(35)8-7-10-34(5-2)6-3)26(16-24(23)30-18-31-28)37-22-9-11-36-17-22/h1,7-8,12-16,18,22H,5-6,9-11,17H2,2-3H3,(H,33,35)(H,30,31,32)/b8-7+. The maximum absolute atomic E-state index is 12.8. The average Bonchev–Trinajstić information content (AvgIpc) is 3.40. The smallest absolute Gasteiger partial charge is 0.248 e. The van der Waals surface area contributed by atoms with Crippen molar-refractivity contribution in [1.29, 1.82) is 0 Å². The van der Waals surface area contributed by atoms with Crippen LogP contribution in [0.3, 0.4) is 0 Å². The molecule has 1 aromatic heterocycles. The van der Waals surface area contributed by atoms with Crippen LogP contribution in [0.5, 0.6) is 5.75 Å². The molecular weight excluding hydrogens is 490 g/mol. The van der Waals surface area contributed by atoms with E-state index in [-0.39, 0.29) is 12.0 Å². The first kappa shape index (κ1) is 26.4. The zero-order chi connectivity index (χ0) is 26.2. The van der Waals surface area contributed by atoms with Crippen molar-refractivity contribution in [2.24, 2.45) is 0 Å². The third-order valence-corrected chi connectivity index (χ3v) is 6.25. The molecule has 8 nitrogen and oxygen atoms in total. The van der Waals surface area contributed by atoms with Crippen LogP contribution in [0.25, 0.3) is 10.9 Å². The second-order valence-electron chi connectivity index (χ2n) is 8.57. The normalized spacial score (nSPS) is 15.3. The lowest BCUT2D eigenvalue weighted by atomic mass is 10.1. The van der Waals surface area contributed by atoms with Crippen molar-refractivity contribution in [2.45, 2.75) is 26.4 Å². The molecule has 0 aliphatic carbocycles. The van der Waals surface area contributed by atoms with Crippen LogP contribution in [-0.4, -0.2) is 59.7 Å². The lowest BCUT2D eigenvalue weighted by molar-refractivity contribution is -0.111. The number of fused-ring (bicyclic) bond motifs is 1. The minimum absolute atomic E-state index is 0.0978. The molecule has 1 fully saturated rings. The van der Waals surface area contributed by atoms with Gasteiger partial charge in [0.2, 0.25) is 5.91 Å². The summed E-state index contributed by atoms with van der Waals surface area (Å²) in [7, 11) is 0. The molecule has 0 radical (unpaired) electrons. The maximum Gasteiger partial charge on any atom is 0.248 e. The minimum atomic E-state index is -0.251. The van der Waals surface area contributed by atoms with Gasteiger partial charge in [-0.2, -0.15) is 0 Å². The van der Waals surface area contributed by atoms with Gasteiger partial charge in [-0.15, -0.1) is 6.42 Å². The molecular formula is C28H30ClN5O3. The number of amides is 1. The molecule has 3 aromatic rings. The van der Waals surface area contributed by atoms with Gasteiger partial charge in [-0.05, 0) is 37.4 Å². The quantitative estimate of drug-likeness (QED) is 0.287. The Labute approximate surface area is 222 Å². The fourth-order valence-electron chi connectivity index (χ4n) is 4.01. The summed E-state index contributed by atoms with van der Waals surface area (Å²) in [6.45, 7) is 7.85. The molecule has 1 aliphatic heterocycles. The van der Waals surface area contributed by atoms with Crippen LogP contribution in [0.4, 0.5) is 17.2 Å². The van der Waals surface area contributed by atoms with Crippen LogP contribution in [0.15, 0.2) is 48.8 Å². The van der Waals surface area contributed by atoms with E-state index in [4.69, 9.17) is 27.5 Å². The van der Waals surface area contributed by atoms with E-state index in [0.29, 0.717) is 64.2 Å². The van der Waals surface area contributed by atoms with Gasteiger partial charge in [0.25, 0.3) is 0 Å². The Morgan fingerprint density at radius 2 is 2.11 bits per heavy atom. The Balaban J connectivity index is 1.66. The van der Waals surface area contributed by atoms with Crippen LogP contribution in [0, 0.1) is 12.3 Å². The maximum atomic E-state index is 12.8. The Morgan fingerprint density at radius 3 is 2.84 bits per heavy atom. The highest BCUT2D eigenvalue weighted by molar-refractivity contribution is 6.31. The van der Waals surface area contributed by atoms with E-state index < -0.39 is 0 Å². The number of nitrogens with one attached hydrogen (secondary N) is 2. The average molecular weight is 520 g/mol. The third kappa shape index (κ3) is 6.98. The molecule has 1 saturated heterocycles. The fraction of sp³-hybridized carbons (Fsp3) is 0.321. The molecule has 2 N–H and O–H groups in total. The van der Waals surface area contributed by atoms with E-state index in [0.717, 1.165) is 19.5 Å². The molecule has 9 heteroatoms. The van der Waals surface area contributed by atoms with Crippen molar-refractivity contribution >= 4 is 45.6 Å². The van der Waals surface area contributed by atoms with Gasteiger partial charge in [0.05, 0.1) is 24.4 Å². The second-order valence-corrected chi connectivity index (χ2v) is 9.00. The largest absolute Gasteiger partial charge is 0.486 e. The number of aromatic nitrogens is 2. The first-order valence-corrected chi connectivity index (χ1v) is 12.6. The van der Waals surface area contributed by atoms with Crippen molar-refractivity contribution in [1.82, 2.24) is 14.9 Å². The fourth-order valence-corrected chi connectivity index (χ4v) is 4.25.